The predicted octanol–water partition coefficient (Wildman–Crippen LogP) is 1.07. The molecule has 1 saturated heterocycles. The van der Waals surface area contributed by atoms with E-state index < -0.39 is 0 Å². The fourth-order valence-electron chi connectivity index (χ4n) is 2.43. The molecule has 1 unspecified atom stereocenters. The molecular formula is C12H22N4O. The third-order valence-corrected chi connectivity index (χ3v) is 3.13. The van der Waals surface area contributed by atoms with E-state index in [9.17, 15) is 0 Å². The molecule has 1 aromatic rings. The molecule has 1 aliphatic rings. The van der Waals surface area contributed by atoms with Crippen LogP contribution in [0.5, 0.6) is 0 Å². The summed E-state index contributed by atoms with van der Waals surface area (Å²) in [7, 11) is 0. The van der Waals surface area contributed by atoms with Gasteiger partial charge in [0.15, 0.2) is 5.82 Å². The molecule has 1 aliphatic heterocycles. The number of aromatic nitrogens is 2. The van der Waals surface area contributed by atoms with E-state index >= 15 is 0 Å². The first-order valence-electron chi connectivity index (χ1n) is 6.47. The zero-order chi connectivity index (χ0) is 12.1. The van der Waals surface area contributed by atoms with Gasteiger partial charge in [0.1, 0.15) is 0 Å². The van der Waals surface area contributed by atoms with Crippen LogP contribution in [0.4, 0.5) is 0 Å². The Morgan fingerprint density at radius 1 is 1.59 bits per heavy atom. The van der Waals surface area contributed by atoms with Crippen molar-refractivity contribution in [3.63, 3.8) is 0 Å². The van der Waals surface area contributed by atoms with Gasteiger partial charge in [0.05, 0.1) is 0 Å². The average Bonchev–Trinajstić information content (AvgIpc) is 2.79. The third-order valence-electron chi connectivity index (χ3n) is 3.13. The fraction of sp³-hybridized carbons (Fsp3) is 0.833. The molecule has 0 spiro atoms. The lowest BCUT2D eigenvalue weighted by Crippen LogP contribution is -2.48. The molecule has 1 atom stereocenters. The lowest BCUT2D eigenvalue weighted by Gasteiger charge is -2.34. The maximum absolute atomic E-state index is 4.74. The van der Waals surface area contributed by atoms with Gasteiger partial charge in [-0.15, -0.1) is 0 Å². The maximum Gasteiger partial charge on any atom is 0.213 e. The second-order valence-corrected chi connectivity index (χ2v) is 5.06. The van der Waals surface area contributed by atoms with Gasteiger partial charge in [-0.3, -0.25) is 0 Å². The molecule has 1 aromatic heterocycles. The van der Waals surface area contributed by atoms with E-state index in [1.54, 1.807) is 0 Å². The fourth-order valence-corrected chi connectivity index (χ4v) is 2.43. The molecule has 5 nitrogen and oxygen atoms in total. The van der Waals surface area contributed by atoms with Crippen LogP contribution in [-0.2, 0) is 6.42 Å². The second-order valence-electron chi connectivity index (χ2n) is 5.06. The highest BCUT2D eigenvalue weighted by atomic mass is 16.5. The average molecular weight is 238 g/mol. The van der Waals surface area contributed by atoms with Crippen LogP contribution in [0, 0.1) is 0 Å². The molecule has 0 bridgehead atoms. The monoisotopic (exact) mass is 238 g/mol. The van der Waals surface area contributed by atoms with Crippen LogP contribution in [0.2, 0.25) is 0 Å². The van der Waals surface area contributed by atoms with Gasteiger partial charge in [0.2, 0.25) is 6.39 Å². The van der Waals surface area contributed by atoms with Crippen molar-refractivity contribution in [3.8, 4) is 0 Å². The number of rotatable bonds is 5. The second kappa shape index (κ2) is 6.12. The minimum atomic E-state index is 0.567. The van der Waals surface area contributed by atoms with Crippen molar-refractivity contribution in [2.24, 2.45) is 0 Å². The minimum absolute atomic E-state index is 0.567. The summed E-state index contributed by atoms with van der Waals surface area (Å²) in [6, 6.07) is 1.20. The Morgan fingerprint density at radius 2 is 2.47 bits per heavy atom. The highest BCUT2D eigenvalue weighted by molar-refractivity contribution is 4.83. The Balaban J connectivity index is 1.73. The van der Waals surface area contributed by atoms with Crippen molar-refractivity contribution in [3.05, 3.63) is 12.2 Å². The highest BCUT2D eigenvalue weighted by Crippen LogP contribution is 2.11. The molecule has 1 fully saturated rings. The van der Waals surface area contributed by atoms with Gasteiger partial charge in [-0.2, -0.15) is 4.98 Å². The summed E-state index contributed by atoms with van der Waals surface area (Å²) >= 11 is 0. The first-order chi connectivity index (χ1) is 8.24. The Kier molecular flexibility index (Phi) is 4.50. The number of hydrogen-bond donors (Lipinski definition) is 1. The molecule has 0 aliphatic carbocycles. The standard InChI is InChI=1S/C12H22N4O/c1-10(2)14-11-4-3-6-16(8-11)7-5-12-13-9-17-15-12/h9-11,14H,3-8H2,1-2H3. The zero-order valence-electron chi connectivity index (χ0n) is 10.7. The van der Waals surface area contributed by atoms with Crippen LogP contribution in [0.3, 0.4) is 0 Å². The zero-order valence-corrected chi connectivity index (χ0v) is 10.7. The van der Waals surface area contributed by atoms with Crippen LogP contribution < -0.4 is 5.32 Å². The summed E-state index contributed by atoms with van der Waals surface area (Å²) in [6.07, 6.45) is 4.84. The van der Waals surface area contributed by atoms with Gasteiger partial charge in [-0.05, 0) is 19.4 Å². The lowest BCUT2D eigenvalue weighted by molar-refractivity contribution is 0.186. The van der Waals surface area contributed by atoms with E-state index in [4.69, 9.17) is 4.52 Å². The summed E-state index contributed by atoms with van der Waals surface area (Å²) < 4.78 is 4.74. The topological polar surface area (TPSA) is 54.2 Å². The van der Waals surface area contributed by atoms with E-state index in [-0.39, 0.29) is 0 Å². The Labute approximate surface area is 103 Å². The van der Waals surface area contributed by atoms with Crippen molar-refractivity contribution in [1.29, 1.82) is 0 Å². The van der Waals surface area contributed by atoms with E-state index in [0.29, 0.717) is 12.1 Å². The minimum Gasteiger partial charge on any atom is -0.343 e. The molecule has 2 heterocycles. The molecular weight excluding hydrogens is 216 g/mol. The van der Waals surface area contributed by atoms with Gasteiger partial charge < -0.3 is 14.7 Å². The first-order valence-corrected chi connectivity index (χ1v) is 6.47. The van der Waals surface area contributed by atoms with Gasteiger partial charge in [-0.1, -0.05) is 19.0 Å². The predicted molar refractivity (Wildman–Crippen MR) is 65.7 cm³/mol. The third kappa shape index (κ3) is 4.09. The van der Waals surface area contributed by atoms with E-state index in [1.165, 1.54) is 25.8 Å². The van der Waals surface area contributed by atoms with Crippen LogP contribution in [0.15, 0.2) is 10.9 Å². The Bertz CT molecular complexity index is 312. The molecule has 17 heavy (non-hydrogen) atoms. The smallest absolute Gasteiger partial charge is 0.213 e. The number of piperidine rings is 1. The van der Waals surface area contributed by atoms with Crippen LogP contribution in [0.1, 0.15) is 32.5 Å². The normalized spacial score (nSPS) is 22.2. The molecule has 96 valence electrons. The Morgan fingerprint density at radius 3 is 3.18 bits per heavy atom. The first kappa shape index (κ1) is 12.5. The van der Waals surface area contributed by atoms with Crippen LogP contribution >= 0.6 is 0 Å². The van der Waals surface area contributed by atoms with Gasteiger partial charge >= 0.3 is 0 Å². The van der Waals surface area contributed by atoms with E-state index in [2.05, 4.69) is 34.2 Å². The quantitative estimate of drug-likeness (QED) is 0.831. The largest absolute Gasteiger partial charge is 0.343 e. The van der Waals surface area contributed by atoms with Crippen molar-refractivity contribution in [2.45, 2.75) is 45.2 Å². The van der Waals surface area contributed by atoms with Gasteiger partial charge in [-0.25, -0.2) is 0 Å². The number of nitrogens with one attached hydrogen (secondary N) is 1. The summed E-state index contributed by atoms with van der Waals surface area (Å²) in [6.45, 7) is 7.76. The molecule has 1 N–H and O–H groups in total. The van der Waals surface area contributed by atoms with Gasteiger partial charge in [0, 0.05) is 31.6 Å². The van der Waals surface area contributed by atoms with Crippen LogP contribution in [0.25, 0.3) is 0 Å². The molecule has 5 heteroatoms. The molecule has 0 aromatic carbocycles. The van der Waals surface area contributed by atoms with Crippen molar-refractivity contribution < 1.29 is 4.52 Å². The summed E-state index contributed by atoms with van der Waals surface area (Å²) in [4.78, 5) is 6.53. The Hall–Kier alpha value is -0.940. The van der Waals surface area contributed by atoms with Crippen molar-refractivity contribution in [1.82, 2.24) is 20.4 Å². The molecule has 0 radical (unpaired) electrons. The van der Waals surface area contributed by atoms with Crippen molar-refractivity contribution in [2.75, 3.05) is 19.6 Å². The molecule has 2 rings (SSSR count). The number of likely N-dealkylation sites (tertiary alicyclic amines) is 1. The highest BCUT2D eigenvalue weighted by Gasteiger charge is 2.20. The van der Waals surface area contributed by atoms with Gasteiger partial charge in [0.25, 0.3) is 0 Å². The van der Waals surface area contributed by atoms with E-state index in [0.717, 1.165) is 25.3 Å². The van der Waals surface area contributed by atoms with Crippen LogP contribution in [-0.4, -0.2) is 46.8 Å². The van der Waals surface area contributed by atoms with Crippen molar-refractivity contribution >= 4 is 0 Å². The number of hydrogen-bond acceptors (Lipinski definition) is 5. The van der Waals surface area contributed by atoms with E-state index in [1.807, 2.05) is 0 Å². The lowest BCUT2D eigenvalue weighted by atomic mass is 10.0. The summed E-state index contributed by atoms with van der Waals surface area (Å²) in [5.41, 5.74) is 0. The molecule has 0 amide bonds. The number of nitrogens with zero attached hydrogens (tertiary/aromatic N) is 3. The maximum atomic E-state index is 4.74. The molecule has 0 saturated carbocycles. The SMILES string of the molecule is CC(C)NC1CCCN(CCc2ncon2)C1. The summed E-state index contributed by atoms with van der Waals surface area (Å²) in [5.74, 6) is 0.809. The summed E-state index contributed by atoms with van der Waals surface area (Å²) in [5, 5.41) is 7.45.